The molecule has 4 saturated heterocycles. The minimum Gasteiger partial charge on any atom is -0.477 e. The number of hydrogen-bond donors (Lipinski definition) is 5. The van der Waals surface area contributed by atoms with E-state index >= 15 is 0 Å². The van der Waals surface area contributed by atoms with E-state index in [1.54, 1.807) is 0 Å². The quantitative estimate of drug-likeness (QED) is 0.0779. The number of carbonyl (C=O) groups is 4. The average molecular weight is 649 g/mol. The number of carbonyl (C=O) groups excluding carboxylic acids is 3. The maximum atomic E-state index is 13.1. The van der Waals surface area contributed by atoms with Crippen LogP contribution >= 0.6 is 11.3 Å². The molecule has 1 aromatic rings. The van der Waals surface area contributed by atoms with Crippen molar-refractivity contribution in [3.63, 3.8) is 0 Å². The number of hydrogen-bond acceptors (Lipinski definition) is 16. The fourth-order valence-electron chi connectivity index (χ4n) is 5.07. The molecule has 0 bridgehead atoms. The number of fused-ring (bicyclic) bond motifs is 3. The number of nitrogens with zero attached hydrogens (tertiary/aromatic N) is 3. The Morgan fingerprint density at radius 1 is 1.35 bits per heavy atom. The number of rotatable bonds is 10. The number of aliphatic carboxylic acids is 1. The molecule has 1 amide bonds. The van der Waals surface area contributed by atoms with Gasteiger partial charge in [-0.2, -0.15) is 0 Å². The van der Waals surface area contributed by atoms with Crippen molar-refractivity contribution in [3.8, 4) is 0 Å². The molecule has 0 spiro atoms. The topological polar surface area (TPSA) is 258 Å². The number of ether oxygens (including phenoxy) is 3. The zero-order valence-corrected chi connectivity index (χ0v) is 24.7. The number of aliphatic hydroxyl groups is 3. The number of aliphatic hydroxyl groups excluding tert-OH is 3. The average Bonchev–Trinajstić information content (AvgIpc) is 3.64. The normalized spacial score (nSPS) is 31.6. The van der Waals surface area contributed by atoms with Crippen LogP contribution in [0, 0.1) is 11.8 Å². The van der Waals surface area contributed by atoms with E-state index in [2.05, 4.69) is 10.1 Å². The van der Waals surface area contributed by atoms with Crippen LogP contribution in [0.5, 0.6) is 0 Å². The van der Waals surface area contributed by atoms with E-state index in [1.807, 2.05) is 13.8 Å². The first-order valence-electron chi connectivity index (χ1n) is 13.1. The Balaban J connectivity index is 0.000000403. The number of β-lactam (4-membered cyclic amide) rings is 1. The third kappa shape index (κ3) is 6.56. The van der Waals surface area contributed by atoms with E-state index in [9.17, 15) is 33.6 Å². The number of carboxylic acid groups (broad SMARTS) is 1. The molecule has 7 atom stereocenters. The van der Waals surface area contributed by atoms with Gasteiger partial charge in [0.2, 0.25) is 5.91 Å². The van der Waals surface area contributed by atoms with Gasteiger partial charge in [0.25, 0.3) is 5.72 Å². The lowest BCUT2D eigenvalue weighted by Crippen LogP contribution is -2.78. The minimum atomic E-state index is -2.24. The van der Waals surface area contributed by atoms with Gasteiger partial charge in [0, 0.05) is 28.4 Å². The second kappa shape index (κ2) is 12.9. The molecule has 0 radical (unpaired) electrons. The molecule has 5 rings (SSSR count). The Labute approximate surface area is 251 Å². The Hall–Kier alpha value is -3.07. The van der Waals surface area contributed by atoms with Crippen LogP contribution in [0.15, 0.2) is 10.5 Å². The van der Waals surface area contributed by atoms with Crippen LogP contribution in [0.1, 0.15) is 32.4 Å². The van der Waals surface area contributed by atoms with Crippen molar-refractivity contribution in [2.24, 2.45) is 17.0 Å². The molecule has 5 heterocycles. The minimum absolute atomic E-state index is 0.0451. The predicted octanol–water partition coefficient (Wildman–Crippen LogP) is -2.22. The highest BCUT2D eigenvalue weighted by Crippen LogP contribution is 2.50. The molecule has 4 aliphatic rings. The van der Waals surface area contributed by atoms with Crippen molar-refractivity contribution in [2.75, 3.05) is 37.9 Å². The molecule has 43 heavy (non-hydrogen) atoms. The second-order valence-corrected chi connectivity index (χ2v) is 13.0. The summed E-state index contributed by atoms with van der Waals surface area (Å²) in [7, 11) is -1.74. The van der Waals surface area contributed by atoms with Gasteiger partial charge in [-0.05, 0) is 13.8 Å². The maximum Gasteiger partial charge on any atom is 0.370 e. The zero-order valence-electron chi connectivity index (χ0n) is 23.1. The SMILES string of the molecule is CC1(C)OC[C@H](CO)O1.Nc1nc(/C(=N/OC[C@H](O)CO)C(=O)C[C@@H]2C(=O)N3[C@@H]2[S@@](=O)C[C@@H]2CC(=O)O[C@@]23C(=O)O)cs1. The van der Waals surface area contributed by atoms with Crippen LogP contribution in [0.25, 0.3) is 0 Å². The van der Waals surface area contributed by atoms with Gasteiger partial charge in [0.15, 0.2) is 22.4 Å². The first-order valence-corrected chi connectivity index (χ1v) is 15.3. The van der Waals surface area contributed by atoms with Crippen molar-refractivity contribution in [1.82, 2.24) is 9.88 Å². The molecular weight excluding hydrogens is 616 g/mol. The molecule has 0 unspecified atom stereocenters. The lowest BCUT2D eigenvalue weighted by molar-refractivity contribution is -0.220. The summed E-state index contributed by atoms with van der Waals surface area (Å²) >= 11 is 1.02. The van der Waals surface area contributed by atoms with Gasteiger partial charge in [-0.1, -0.05) is 5.16 Å². The number of nitrogens with two attached hydrogens (primary N) is 1. The van der Waals surface area contributed by atoms with Gasteiger partial charge in [0.1, 0.15) is 29.9 Å². The van der Waals surface area contributed by atoms with Crippen molar-refractivity contribution in [2.45, 2.75) is 55.8 Å². The fraction of sp³-hybridized carbons (Fsp3) is 0.667. The Bertz CT molecular complexity index is 1320. The number of Topliss-reactive ketones (excluding diaryl/α,β-unsaturated/α-hetero) is 1. The van der Waals surface area contributed by atoms with Crippen molar-refractivity contribution in [3.05, 3.63) is 11.1 Å². The zero-order chi connectivity index (χ0) is 31.7. The number of ketones is 1. The third-order valence-electron chi connectivity index (χ3n) is 7.03. The molecule has 0 aromatic carbocycles. The van der Waals surface area contributed by atoms with Crippen molar-refractivity contribution in [1.29, 1.82) is 0 Å². The first-order chi connectivity index (χ1) is 20.2. The van der Waals surface area contributed by atoms with Crippen LogP contribution in [-0.2, 0) is 49.0 Å². The summed E-state index contributed by atoms with van der Waals surface area (Å²) in [5, 5.41) is 40.7. The van der Waals surface area contributed by atoms with Gasteiger partial charge in [0.05, 0.1) is 38.1 Å². The molecule has 4 fully saturated rings. The van der Waals surface area contributed by atoms with E-state index in [4.69, 9.17) is 35.0 Å². The Kier molecular flexibility index (Phi) is 9.84. The largest absolute Gasteiger partial charge is 0.477 e. The van der Waals surface area contributed by atoms with Crippen molar-refractivity contribution < 1.29 is 62.9 Å². The number of nitrogen functional groups attached to an aromatic ring is 1. The van der Waals surface area contributed by atoms with E-state index in [1.165, 1.54) is 5.38 Å². The summed E-state index contributed by atoms with van der Waals surface area (Å²) < 4.78 is 28.3. The molecule has 1 aromatic heterocycles. The lowest BCUT2D eigenvalue weighted by atomic mass is 9.84. The maximum absolute atomic E-state index is 13.1. The summed E-state index contributed by atoms with van der Waals surface area (Å²) in [4.78, 5) is 59.6. The number of anilines is 1. The summed E-state index contributed by atoms with van der Waals surface area (Å²) in [5.74, 6) is -6.65. The van der Waals surface area contributed by atoms with Gasteiger partial charge in [-0.15, -0.1) is 11.3 Å². The molecule has 0 aliphatic carbocycles. The Morgan fingerprint density at radius 2 is 2.07 bits per heavy atom. The summed E-state index contributed by atoms with van der Waals surface area (Å²) in [5.41, 5.74) is 3.11. The number of thiazole rings is 1. The predicted molar refractivity (Wildman–Crippen MR) is 145 cm³/mol. The van der Waals surface area contributed by atoms with Gasteiger partial charge in [-0.25, -0.2) is 9.78 Å². The molecule has 238 valence electrons. The van der Waals surface area contributed by atoms with E-state index < -0.39 is 88.9 Å². The van der Waals surface area contributed by atoms with Crippen LogP contribution in [-0.4, -0.2) is 125 Å². The summed E-state index contributed by atoms with van der Waals surface area (Å²) in [6.45, 7) is 3.20. The summed E-state index contributed by atoms with van der Waals surface area (Å²) in [6, 6.07) is 0. The van der Waals surface area contributed by atoms with Crippen LogP contribution in [0.2, 0.25) is 0 Å². The Morgan fingerprint density at radius 3 is 2.60 bits per heavy atom. The lowest BCUT2D eigenvalue weighted by Gasteiger charge is -2.56. The van der Waals surface area contributed by atoms with Crippen LogP contribution in [0.4, 0.5) is 5.13 Å². The molecule has 17 nitrogen and oxygen atoms in total. The highest BCUT2D eigenvalue weighted by Gasteiger charge is 2.72. The third-order valence-corrected chi connectivity index (χ3v) is 9.51. The number of oxime groups is 1. The molecule has 19 heteroatoms. The number of esters is 1. The van der Waals surface area contributed by atoms with Gasteiger partial charge >= 0.3 is 11.9 Å². The fourth-order valence-corrected chi connectivity index (χ4v) is 7.63. The van der Waals surface area contributed by atoms with Gasteiger partial charge in [-0.3, -0.25) is 23.5 Å². The first kappa shape index (κ1) is 32.8. The highest BCUT2D eigenvalue weighted by atomic mass is 32.2. The van der Waals surface area contributed by atoms with E-state index in [0.29, 0.717) is 6.61 Å². The van der Waals surface area contributed by atoms with Gasteiger partial charge < -0.3 is 45.2 Å². The highest BCUT2D eigenvalue weighted by molar-refractivity contribution is 7.85. The second-order valence-electron chi connectivity index (χ2n) is 10.5. The van der Waals surface area contributed by atoms with E-state index in [-0.39, 0.29) is 41.4 Å². The number of amides is 1. The molecule has 6 N–H and O–H groups in total. The standard InChI is InChI=1S/C18H20N4O10S2.C6H12O3/c19-17-20-10(5-33-17)13(21-31-4-8(24)3-23)11(25)2-9-14(27)22-15(9)34(30)6-7-1-12(26)32-18(7,22)16(28)29;1-6(2)8-4-5(3-7)9-6/h5,7-9,15,23-24H,1-4,6H2,(H2,19,20)(H,28,29);5,7H,3-4H2,1-2H3/b21-13-;/t7-,8+,9+,15+,18+,34-;5-/m00/s1. The van der Waals surface area contributed by atoms with Crippen molar-refractivity contribution >= 4 is 56.6 Å². The van der Waals surface area contributed by atoms with E-state index in [0.717, 1.165) is 16.2 Å². The number of carboxylic acids is 1. The summed E-state index contributed by atoms with van der Waals surface area (Å²) in [6.07, 6.45) is -2.15. The van der Waals surface area contributed by atoms with Crippen LogP contribution in [0.3, 0.4) is 0 Å². The van der Waals surface area contributed by atoms with Crippen LogP contribution < -0.4 is 5.73 Å². The smallest absolute Gasteiger partial charge is 0.370 e. The molecule has 4 aliphatic heterocycles. The monoisotopic (exact) mass is 648 g/mol. The molecular formula is C24H32N4O13S2. The number of aromatic nitrogens is 1. The molecule has 0 saturated carbocycles.